The van der Waals surface area contributed by atoms with Crippen molar-refractivity contribution in [3.8, 4) is 0 Å². The number of aromatic nitrogens is 2. The fourth-order valence-electron chi connectivity index (χ4n) is 2.66. The van der Waals surface area contributed by atoms with Crippen LogP contribution in [-0.2, 0) is 6.42 Å². The molecule has 3 aromatic carbocycles. The Morgan fingerprint density at radius 3 is 2.05 bits per heavy atom. The maximum absolute atomic E-state index is 4.81. The molecule has 1 aromatic heterocycles. The van der Waals surface area contributed by atoms with Gasteiger partial charge >= 0.3 is 0 Å². The fraction of sp³-hybridized carbons (Fsp3) is 0.0526. The van der Waals surface area contributed by atoms with Crippen molar-refractivity contribution in [2.75, 3.05) is 0 Å². The van der Waals surface area contributed by atoms with Crippen molar-refractivity contribution in [3.63, 3.8) is 0 Å². The summed E-state index contributed by atoms with van der Waals surface area (Å²) < 4.78 is 0. The van der Waals surface area contributed by atoms with E-state index in [0.29, 0.717) is 0 Å². The second-order valence-electron chi connectivity index (χ2n) is 5.16. The third-order valence-electron chi connectivity index (χ3n) is 3.69. The van der Waals surface area contributed by atoms with E-state index in [-0.39, 0.29) is 0 Å². The Morgan fingerprint density at radius 1 is 0.571 bits per heavy atom. The molecule has 0 atom stereocenters. The van der Waals surface area contributed by atoms with E-state index in [1.165, 1.54) is 11.1 Å². The summed E-state index contributed by atoms with van der Waals surface area (Å²) in [6, 6.07) is 24.7. The lowest BCUT2D eigenvalue weighted by Crippen LogP contribution is -1.94. The Balaban J connectivity index is 1.90. The molecule has 4 rings (SSSR count). The molecule has 0 fully saturated rings. The molecule has 2 heteroatoms. The molecule has 0 aliphatic rings. The zero-order valence-corrected chi connectivity index (χ0v) is 11.5. The third kappa shape index (κ3) is 2.25. The van der Waals surface area contributed by atoms with Gasteiger partial charge in [-0.15, -0.1) is 0 Å². The van der Waals surface area contributed by atoms with Crippen LogP contribution in [0.25, 0.3) is 22.1 Å². The average Bonchev–Trinajstić information content (AvgIpc) is 2.54. The highest BCUT2D eigenvalue weighted by molar-refractivity contribution is 5.88. The number of para-hydroxylation sites is 3. The quantitative estimate of drug-likeness (QED) is 0.505. The van der Waals surface area contributed by atoms with Gasteiger partial charge in [0, 0.05) is 0 Å². The van der Waals surface area contributed by atoms with Gasteiger partial charge in [0.2, 0.25) is 0 Å². The van der Waals surface area contributed by atoms with Gasteiger partial charge in [0.25, 0.3) is 0 Å². The van der Waals surface area contributed by atoms with E-state index in [1.807, 2.05) is 36.4 Å². The number of rotatable bonds is 2. The molecule has 0 amide bonds. The summed E-state index contributed by atoms with van der Waals surface area (Å²) in [6.45, 7) is 0. The first kappa shape index (κ1) is 12.0. The van der Waals surface area contributed by atoms with Crippen LogP contribution in [0.2, 0.25) is 0 Å². The first-order valence-corrected chi connectivity index (χ1v) is 7.08. The van der Waals surface area contributed by atoms with Crippen LogP contribution in [0.1, 0.15) is 11.1 Å². The lowest BCUT2D eigenvalue weighted by Gasteiger charge is -2.07. The molecule has 0 aliphatic heterocycles. The summed E-state index contributed by atoms with van der Waals surface area (Å²) in [5, 5.41) is 0. The van der Waals surface area contributed by atoms with E-state index in [0.717, 1.165) is 28.5 Å². The van der Waals surface area contributed by atoms with Gasteiger partial charge in [0.15, 0.2) is 0 Å². The van der Waals surface area contributed by atoms with Gasteiger partial charge in [-0.1, -0.05) is 54.6 Å². The van der Waals surface area contributed by atoms with E-state index in [1.54, 1.807) is 0 Å². The fourth-order valence-corrected chi connectivity index (χ4v) is 2.66. The molecule has 0 bridgehead atoms. The SMILES string of the molecule is c1ccc(Cc2cccc3nc4ccccc4nc23)cc1. The minimum Gasteiger partial charge on any atom is -0.244 e. The molecule has 0 aliphatic carbocycles. The lowest BCUT2D eigenvalue weighted by atomic mass is 10.0. The smallest absolute Gasteiger partial charge is 0.0929 e. The van der Waals surface area contributed by atoms with Crippen LogP contribution in [0.3, 0.4) is 0 Å². The van der Waals surface area contributed by atoms with Crippen molar-refractivity contribution in [1.29, 1.82) is 0 Å². The maximum atomic E-state index is 4.81. The lowest BCUT2D eigenvalue weighted by molar-refractivity contribution is 1.19. The standard InChI is InChI=1S/C19H14N2/c1-2-7-14(8-3-1)13-15-9-6-12-18-19(15)21-17-11-5-4-10-16(17)20-18/h1-12H,13H2. The maximum Gasteiger partial charge on any atom is 0.0929 e. The van der Waals surface area contributed by atoms with Crippen molar-refractivity contribution < 1.29 is 0 Å². The highest BCUT2D eigenvalue weighted by Crippen LogP contribution is 2.21. The number of hydrogen-bond donors (Lipinski definition) is 0. The van der Waals surface area contributed by atoms with Crippen molar-refractivity contribution in [1.82, 2.24) is 9.97 Å². The Labute approximate surface area is 123 Å². The van der Waals surface area contributed by atoms with Crippen LogP contribution in [0, 0.1) is 0 Å². The first-order valence-electron chi connectivity index (χ1n) is 7.08. The van der Waals surface area contributed by atoms with Gasteiger partial charge in [-0.2, -0.15) is 0 Å². The molecule has 0 radical (unpaired) electrons. The second-order valence-corrected chi connectivity index (χ2v) is 5.16. The predicted molar refractivity (Wildman–Crippen MR) is 86.3 cm³/mol. The van der Waals surface area contributed by atoms with Crippen LogP contribution in [0.4, 0.5) is 0 Å². The summed E-state index contributed by atoms with van der Waals surface area (Å²) in [5.74, 6) is 0. The van der Waals surface area contributed by atoms with Gasteiger partial charge in [-0.05, 0) is 35.7 Å². The summed E-state index contributed by atoms with van der Waals surface area (Å²) >= 11 is 0. The predicted octanol–water partition coefficient (Wildman–Crippen LogP) is 4.37. The van der Waals surface area contributed by atoms with E-state index >= 15 is 0 Å². The number of nitrogens with zero attached hydrogens (tertiary/aromatic N) is 2. The van der Waals surface area contributed by atoms with E-state index in [9.17, 15) is 0 Å². The normalized spacial score (nSPS) is 11.0. The Kier molecular flexibility index (Phi) is 2.86. The van der Waals surface area contributed by atoms with Crippen molar-refractivity contribution in [2.45, 2.75) is 6.42 Å². The summed E-state index contributed by atoms with van der Waals surface area (Å²) in [4.78, 5) is 9.53. The van der Waals surface area contributed by atoms with Gasteiger partial charge in [-0.3, -0.25) is 0 Å². The first-order chi connectivity index (χ1) is 10.4. The zero-order valence-electron chi connectivity index (χ0n) is 11.5. The zero-order chi connectivity index (χ0) is 14.1. The minimum atomic E-state index is 0.880. The summed E-state index contributed by atoms with van der Waals surface area (Å²) in [7, 11) is 0. The largest absolute Gasteiger partial charge is 0.244 e. The highest BCUT2D eigenvalue weighted by Gasteiger charge is 2.06. The van der Waals surface area contributed by atoms with Crippen LogP contribution in [0.5, 0.6) is 0 Å². The molecule has 100 valence electrons. The molecule has 0 saturated carbocycles. The van der Waals surface area contributed by atoms with Gasteiger partial charge in [0.05, 0.1) is 22.1 Å². The molecule has 2 nitrogen and oxygen atoms in total. The van der Waals surface area contributed by atoms with E-state index in [2.05, 4.69) is 36.4 Å². The molecular weight excluding hydrogens is 256 g/mol. The highest BCUT2D eigenvalue weighted by atomic mass is 14.8. The number of hydrogen-bond acceptors (Lipinski definition) is 2. The molecular formula is C19H14N2. The average molecular weight is 270 g/mol. The van der Waals surface area contributed by atoms with Crippen molar-refractivity contribution in [2.24, 2.45) is 0 Å². The van der Waals surface area contributed by atoms with Crippen molar-refractivity contribution >= 4 is 22.1 Å². The molecule has 0 unspecified atom stereocenters. The Bertz CT molecular complexity index is 914. The van der Waals surface area contributed by atoms with Gasteiger partial charge in [0.1, 0.15) is 0 Å². The molecule has 0 spiro atoms. The number of fused-ring (bicyclic) bond motifs is 2. The Hall–Kier alpha value is -2.74. The Morgan fingerprint density at radius 2 is 1.24 bits per heavy atom. The molecule has 21 heavy (non-hydrogen) atoms. The monoisotopic (exact) mass is 270 g/mol. The number of benzene rings is 3. The second kappa shape index (κ2) is 4.98. The van der Waals surface area contributed by atoms with Crippen LogP contribution >= 0.6 is 0 Å². The van der Waals surface area contributed by atoms with Gasteiger partial charge in [-0.25, -0.2) is 9.97 Å². The molecule has 0 N–H and O–H groups in total. The molecule has 1 heterocycles. The molecule has 4 aromatic rings. The summed E-state index contributed by atoms with van der Waals surface area (Å²) in [5.41, 5.74) is 6.37. The van der Waals surface area contributed by atoms with Crippen LogP contribution in [-0.4, -0.2) is 9.97 Å². The van der Waals surface area contributed by atoms with Gasteiger partial charge < -0.3 is 0 Å². The van der Waals surface area contributed by atoms with Crippen LogP contribution in [0.15, 0.2) is 72.8 Å². The van der Waals surface area contributed by atoms with Crippen LogP contribution < -0.4 is 0 Å². The van der Waals surface area contributed by atoms with E-state index < -0.39 is 0 Å². The topological polar surface area (TPSA) is 25.8 Å². The van der Waals surface area contributed by atoms with Crippen molar-refractivity contribution in [3.05, 3.63) is 83.9 Å². The summed E-state index contributed by atoms with van der Waals surface area (Å²) in [6.07, 6.45) is 0.880. The molecule has 0 saturated heterocycles. The minimum absolute atomic E-state index is 0.880. The van der Waals surface area contributed by atoms with E-state index in [4.69, 9.17) is 9.97 Å². The third-order valence-corrected chi connectivity index (χ3v) is 3.69.